The molecule has 1 aliphatic heterocycles. The van der Waals surface area contributed by atoms with E-state index in [1.54, 1.807) is 12.1 Å². The lowest BCUT2D eigenvalue weighted by Crippen LogP contribution is -2.17. The Labute approximate surface area is 177 Å². The molecule has 7 nitrogen and oxygen atoms in total. The van der Waals surface area contributed by atoms with Gasteiger partial charge in [0, 0.05) is 23.9 Å². The van der Waals surface area contributed by atoms with Gasteiger partial charge >= 0.3 is 0 Å². The lowest BCUT2D eigenvalue weighted by Gasteiger charge is -2.20. The van der Waals surface area contributed by atoms with Gasteiger partial charge in [0.2, 0.25) is 5.91 Å². The van der Waals surface area contributed by atoms with E-state index < -0.39 is 5.91 Å². The quantitative estimate of drug-likeness (QED) is 0.515. The Morgan fingerprint density at radius 2 is 2.00 bits per heavy atom. The van der Waals surface area contributed by atoms with E-state index in [9.17, 15) is 4.79 Å². The molecule has 0 atom stereocenters. The second-order valence-electron chi connectivity index (χ2n) is 7.04. The highest BCUT2D eigenvalue weighted by atomic mass is 32.1. The van der Waals surface area contributed by atoms with Gasteiger partial charge in [0.05, 0.1) is 29.2 Å². The van der Waals surface area contributed by atoms with Crippen molar-refractivity contribution < 1.29 is 9.53 Å². The molecule has 0 bridgehead atoms. The number of amides is 1. The molecule has 3 N–H and O–H groups in total. The molecule has 150 valence electrons. The predicted molar refractivity (Wildman–Crippen MR) is 116 cm³/mol. The average Bonchev–Trinajstić information content (AvgIpc) is 3.22. The number of nitrogens with zero attached hydrogens (tertiary/aromatic N) is 3. The van der Waals surface area contributed by atoms with Crippen LogP contribution in [0.3, 0.4) is 0 Å². The highest BCUT2D eigenvalue weighted by Crippen LogP contribution is 2.33. The number of hydrogen-bond donors (Lipinski definition) is 2. The first-order chi connectivity index (χ1) is 14.7. The maximum Gasteiger partial charge on any atom is 0.250 e. The van der Waals surface area contributed by atoms with Gasteiger partial charge in [-0.25, -0.2) is 9.97 Å². The predicted octanol–water partition coefficient (Wildman–Crippen LogP) is 3.54. The molecule has 0 spiro atoms. The van der Waals surface area contributed by atoms with Crippen LogP contribution in [0.5, 0.6) is 0 Å². The molecule has 4 aromatic rings. The second-order valence-corrected chi connectivity index (χ2v) is 7.81. The number of rotatable bonds is 5. The highest BCUT2D eigenvalue weighted by Gasteiger charge is 2.22. The summed E-state index contributed by atoms with van der Waals surface area (Å²) >= 11 is 1.23. The van der Waals surface area contributed by atoms with Crippen molar-refractivity contribution in [3.8, 4) is 11.5 Å². The molecule has 3 heterocycles. The molecule has 30 heavy (non-hydrogen) atoms. The number of aromatic nitrogens is 3. The minimum Gasteiger partial charge on any atom is -0.375 e. The smallest absolute Gasteiger partial charge is 0.250 e. The van der Waals surface area contributed by atoms with E-state index in [0.717, 1.165) is 33.6 Å². The Hall–Kier alpha value is -3.36. The van der Waals surface area contributed by atoms with Gasteiger partial charge in [-0.3, -0.25) is 4.79 Å². The zero-order chi connectivity index (χ0) is 20.5. The molecule has 8 heteroatoms. The van der Waals surface area contributed by atoms with Gasteiger partial charge < -0.3 is 15.8 Å². The number of hydrogen-bond acceptors (Lipinski definition) is 7. The summed E-state index contributed by atoms with van der Waals surface area (Å²) in [4.78, 5) is 21.3. The fraction of sp³-hybridized carbons (Fsp3) is 0.182. The number of fused-ring (bicyclic) bond motifs is 2. The topological polar surface area (TPSA) is 103 Å². The molecule has 0 aliphatic carbocycles. The van der Waals surface area contributed by atoms with Crippen molar-refractivity contribution in [1.29, 1.82) is 0 Å². The number of carbonyl (C=O) groups excluding carboxylic acids is 1. The molecule has 0 unspecified atom stereocenters. The average molecular weight is 417 g/mol. The standard InChI is InChI=1S/C22H19N5O2S/c23-20(28)16-8-4-7-15-18(27-30-19(15)16)22-25-17-12-29-10-9-14(17)21(26-22)24-11-13-5-2-1-3-6-13/h1-8H,9-12H2,(H2,23,28)(H,24,25,26). The van der Waals surface area contributed by atoms with Crippen molar-refractivity contribution in [2.45, 2.75) is 19.6 Å². The summed E-state index contributed by atoms with van der Waals surface area (Å²) in [5, 5.41) is 4.29. The van der Waals surface area contributed by atoms with Crippen LogP contribution in [0.15, 0.2) is 48.5 Å². The van der Waals surface area contributed by atoms with Crippen molar-refractivity contribution in [3.63, 3.8) is 0 Å². The van der Waals surface area contributed by atoms with Gasteiger partial charge in [0.1, 0.15) is 11.5 Å². The van der Waals surface area contributed by atoms with Crippen LogP contribution < -0.4 is 11.1 Å². The monoisotopic (exact) mass is 417 g/mol. The molecule has 2 aromatic heterocycles. The van der Waals surface area contributed by atoms with E-state index >= 15 is 0 Å². The first kappa shape index (κ1) is 18.7. The summed E-state index contributed by atoms with van der Waals surface area (Å²) in [5.74, 6) is 0.845. The molecule has 0 fully saturated rings. The van der Waals surface area contributed by atoms with Gasteiger partial charge in [-0.2, -0.15) is 4.37 Å². The number of ether oxygens (including phenoxy) is 1. The number of nitrogens with two attached hydrogens (primary N) is 1. The van der Waals surface area contributed by atoms with Gasteiger partial charge in [-0.05, 0) is 23.2 Å². The first-order valence-electron chi connectivity index (χ1n) is 9.64. The Kier molecular flexibility index (Phi) is 4.86. The van der Waals surface area contributed by atoms with Crippen molar-refractivity contribution >= 4 is 33.3 Å². The van der Waals surface area contributed by atoms with Gasteiger partial charge in [0.15, 0.2) is 5.82 Å². The van der Waals surface area contributed by atoms with Gasteiger partial charge in [-0.1, -0.05) is 42.5 Å². The van der Waals surface area contributed by atoms with Gasteiger partial charge in [0.25, 0.3) is 0 Å². The van der Waals surface area contributed by atoms with Crippen LogP contribution in [0.4, 0.5) is 5.82 Å². The van der Waals surface area contributed by atoms with E-state index in [0.29, 0.717) is 36.8 Å². The Bertz CT molecular complexity index is 1240. The summed E-state index contributed by atoms with van der Waals surface area (Å²) in [6.45, 7) is 1.75. The Balaban J connectivity index is 1.58. The fourth-order valence-corrected chi connectivity index (χ4v) is 4.50. The number of primary amides is 1. The number of nitrogens with one attached hydrogen (secondary N) is 1. The van der Waals surface area contributed by atoms with Crippen molar-refractivity contribution in [2.75, 3.05) is 11.9 Å². The summed E-state index contributed by atoms with van der Waals surface area (Å²) in [6.07, 6.45) is 0.760. The molecule has 0 saturated heterocycles. The first-order valence-corrected chi connectivity index (χ1v) is 10.4. The van der Waals surface area contributed by atoms with Crippen LogP contribution in [-0.2, 0) is 24.3 Å². The molecular weight excluding hydrogens is 398 g/mol. The Morgan fingerprint density at radius 1 is 1.13 bits per heavy atom. The maximum absolute atomic E-state index is 11.8. The molecule has 0 saturated carbocycles. The third-order valence-corrected chi connectivity index (χ3v) is 6.00. The molecule has 5 rings (SSSR count). The number of benzene rings is 2. The normalized spacial score (nSPS) is 13.2. The zero-order valence-corrected chi connectivity index (χ0v) is 16.9. The minimum atomic E-state index is -0.472. The van der Waals surface area contributed by atoms with Crippen LogP contribution in [-0.4, -0.2) is 26.9 Å². The molecule has 2 aromatic carbocycles. The van der Waals surface area contributed by atoms with E-state index in [2.05, 4.69) is 21.8 Å². The van der Waals surface area contributed by atoms with Crippen LogP contribution in [0, 0.1) is 0 Å². The summed E-state index contributed by atoms with van der Waals surface area (Å²) in [5.41, 5.74) is 9.75. The largest absolute Gasteiger partial charge is 0.375 e. The van der Waals surface area contributed by atoms with E-state index in [1.165, 1.54) is 17.1 Å². The maximum atomic E-state index is 11.8. The molecule has 0 radical (unpaired) electrons. The summed E-state index contributed by atoms with van der Waals surface area (Å²) < 4.78 is 10.9. The lowest BCUT2D eigenvalue weighted by atomic mass is 10.1. The molecule has 1 aliphatic rings. The van der Waals surface area contributed by atoms with Crippen molar-refractivity contribution in [1.82, 2.24) is 14.3 Å². The van der Waals surface area contributed by atoms with Crippen LogP contribution >= 0.6 is 11.5 Å². The summed E-state index contributed by atoms with van der Waals surface area (Å²) in [6, 6.07) is 15.6. The van der Waals surface area contributed by atoms with Crippen LogP contribution in [0.1, 0.15) is 27.2 Å². The second kappa shape index (κ2) is 7.81. The third kappa shape index (κ3) is 3.40. The summed E-state index contributed by atoms with van der Waals surface area (Å²) in [7, 11) is 0. The third-order valence-electron chi connectivity index (χ3n) is 5.11. The SMILES string of the molecule is NC(=O)c1cccc2c(-c3nc4c(c(NCc5ccccc5)n3)CCOC4)nsc12. The number of anilines is 1. The lowest BCUT2D eigenvalue weighted by molar-refractivity contribution is 0.100. The van der Waals surface area contributed by atoms with Gasteiger partial charge in [-0.15, -0.1) is 0 Å². The number of carbonyl (C=O) groups is 1. The molecule has 1 amide bonds. The Morgan fingerprint density at radius 3 is 2.83 bits per heavy atom. The minimum absolute atomic E-state index is 0.444. The van der Waals surface area contributed by atoms with E-state index in [-0.39, 0.29) is 0 Å². The van der Waals surface area contributed by atoms with Crippen LogP contribution in [0.25, 0.3) is 21.6 Å². The molecular formula is C22H19N5O2S. The highest BCUT2D eigenvalue weighted by molar-refractivity contribution is 7.14. The van der Waals surface area contributed by atoms with Crippen LogP contribution in [0.2, 0.25) is 0 Å². The van der Waals surface area contributed by atoms with Crippen molar-refractivity contribution in [2.24, 2.45) is 5.73 Å². The zero-order valence-electron chi connectivity index (χ0n) is 16.1. The fourth-order valence-electron chi connectivity index (χ4n) is 3.61. The van der Waals surface area contributed by atoms with E-state index in [1.807, 2.05) is 24.3 Å². The van der Waals surface area contributed by atoms with E-state index in [4.69, 9.17) is 20.4 Å². The van der Waals surface area contributed by atoms with Crippen molar-refractivity contribution in [3.05, 3.63) is 70.9 Å².